The smallest absolute Gasteiger partial charge is 0.0273 e. The zero-order valence-electron chi connectivity index (χ0n) is 16.1. The second-order valence-electron chi connectivity index (χ2n) is 7.18. The zero-order chi connectivity index (χ0) is 16.5. The number of hydrogen-bond donors (Lipinski definition) is 0. The lowest BCUT2D eigenvalue weighted by Crippen LogP contribution is -2.03. The van der Waals surface area contributed by atoms with Crippen LogP contribution >= 0.6 is 0 Å². The molecule has 0 spiro atoms. The topological polar surface area (TPSA) is 0 Å². The second-order valence-corrected chi connectivity index (χ2v) is 7.18. The molecule has 0 nitrogen and oxygen atoms in total. The minimum Gasteiger partial charge on any atom is -0.0654 e. The van der Waals surface area contributed by atoms with Crippen LogP contribution in [-0.2, 0) is 6.42 Å². The van der Waals surface area contributed by atoms with Crippen molar-refractivity contribution in [3.63, 3.8) is 0 Å². The van der Waals surface area contributed by atoms with Gasteiger partial charge >= 0.3 is 0 Å². The van der Waals surface area contributed by atoms with E-state index in [9.17, 15) is 0 Å². The number of benzene rings is 1. The van der Waals surface area contributed by atoms with Gasteiger partial charge in [0.2, 0.25) is 0 Å². The van der Waals surface area contributed by atoms with Gasteiger partial charge in [-0.2, -0.15) is 0 Å². The maximum Gasteiger partial charge on any atom is -0.0273 e. The monoisotopic (exact) mass is 302 g/mol. The van der Waals surface area contributed by atoms with E-state index in [0.29, 0.717) is 0 Å². The Kier molecular flexibility index (Phi) is 8.83. The summed E-state index contributed by atoms with van der Waals surface area (Å²) in [5.41, 5.74) is 9.22. The van der Waals surface area contributed by atoms with Crippen LogP contribution < -0.4 is 0 Å². The van der Waals surface area contributed by atoms with Crippen molar-refractivity contribution in [3.05, 3.63) is 33.4 Å². The third kappa shape index (κ3) is 5.45. The molecule has 0 amide bonds. The first kappa shape index (κ1) is 19.3. The first-order valence-electron chi connectivity index (χ1n) is 9.56. The van der Waals surface area contributed by atoms with E-state index in [1.54, 1.807) is 16.7 Å². The number of unbranched alkanes of at least 4 members (excludes halogenated alkanes) is 8. The van der Waals surface area contributed by atoms with E-state index < -0.39 is 0 Å². The molecule has 0 saturated carbocycles. The van der Waals surface area contributed by atoms with Crippen LogP contribution in [0.2, 0.25) is 0 Å². The highest BCUT2D eigenvalue weighted by molar-refractivity contribution is 5.49. The van der Waals surface area contributed by atoms with E-state index in [4.69, 9.17) is 0 Å². The Balaban J connectivity index is 2.34. The summed E-state index contributed by atoms with van der Waals surface area (Å²) in [6.45, 7) is 13.8. The summed E-state index contributed by atoms with van der Waals surface area (Å²) in [6.07, 6.45) is 14.0. The van der Waals surface area contributed by atoms with E-state index in [2.05, 4.69) is 41.5 Å². The highest BCUT2D eigenvalue weighted by Crippen LogP contribution is 2.27. The Morgan fingerprint density at radius 1 is 0.455 bits per heavy atom. The lowest BCUT2D eigenvalue weighted by Gasteiger charge is -2.18. The third-order valence-corrected chi connectivity index (χ3v) is 5.69. The summed E-state index contributed by atoms with van der Waals surface area (Å²) in [7, 11) is 0. The van der Waals surface area contributed by atoms with E-state index in [-0.39, 0.29) is 0 Å². The molecule has 126 valence electrons. The fourth-order valence-corrected chi connectivity index (χ4v) is 3.57. The summed E-state index contributed by atoms with van der Waals surface area (Å²) in [6, 6.07) is 0. The molecule has 0 bridgehead atoms. The summed E-state index contributed by atoms with van der Waals surface area (Å²) >= 11 is 0. The summed E-state index contributed by atoms with van der Waals surface area (Å²) in [4.78, 5) is 0. The van der Waals surface area contributed by atoms with E-state index in [0.717, 1.165) is 0 Å². The van der Waals surface area contributed by atoms with Crippen LogP contribution in [-0.4, -0.2) is 0 Å². The molecule has 0 heterocycles. The Labute approximate surface area is 139 Å². The zero-order valence-corrected chi connectivity index (χ0v) is 16.1. The van der Waals surface area contributed by atoms with Gasteiger partial charge in [0, 0.05) is 0 Å². The molecule has 0 aromatic heterocycles. The van der Waals surface area contributed by atoms with Gasteiger partial charge in [0.25, 0.3) is 0 Å². The molecule has 0 radical (unpaired) electrons. The Bertz CT molecular complexity index is 425. The summed E-state index contributed by atoms with van der Waals surface area (Å²) in [5, 5.41) is 0. The normalized spacial score (nSPS) is 11.2. The van der Waals surface area contributed by atoms with Crippen molar-refractivity contribution >= 4 is 0 Å². The molecule has 0 N–H and O–H groups in total. The van der Waals surface area contributed by atoms with Crippen molar-refractivity contribution in [2.24, 2.45) is 0 Å². The molecule has 1 rings (SSSR count). The maximum absolute atomic E-state index is 2.32. The average molecular weight is 303 g/mol. The standard InChI is InChI=1S/C22H38/c1-7-8-9-10-11-12-13-14-15-16-22-20(5)18(3)17(2)19(4)21(22)6/h7-16H2,1-6H3. The fourth-order valence-electron chi connectivity index (χ4n) is 3.57. The van der Waals surface area contributed by atoms with Gasteiger partial charge in [0.15, 0.2) is 0 Å². The van der Waals surface area contributed by atoms with Crippen molar-refractivity contribution in [2.75, 3.05) is 0 Å². The van der Waals surface area contributed by atoms with Crippen LogP contribution in [0.25, 0.3) is 0 Å². The number of rotatable bonds is 10. The van der Waals surface area contributed by atoms with Gasteiger partial charge in [-0.25, -0.2) is 0 Å². The molecule has 0 aliphatic carbocycles. The molecule has 0 aliphatic rings. The van der Waals surface area contributed by atoms with Gasteiger partial charge < -0.3 is 0 Å². The van der Waals surface area contributed by atoms with E-state index in [1.807, 2.05) is 0 Å². The first-order chi connectivity index (χ1) is 10.5. The van der Waals surface area contributed by atoms with Gasteiger partial charge in [-0.1, -0.05) is 58.3 Å². The molecule has 1 aromatic rings. The number of hydrogen-bond acceptors (Lipinski definition) is 0. The van der Waals surface area contributed by atoms with Crippen LogP contribution in [0.5, 0.6) is 0 Å². The van der Waals surface area contributed by atoms with Gasteiger partial charge in [-0.3, -0.25) is 0 Å². The summed E-state index contributed by atoms with van der Waals surface area (Å²) in [5.74, 6) is 0. The maximum atomic E-state index is 2.32. The van der Waals surface area contributed by atoms with Gasteiger partial charge in [0.1, 0.15) is 0 Å². The molecule has 0 heteroatoms. The molecule has 1 aromatic carbocycles. The molecular formula is C22H38. The molecule has 0 aliphatic heterocycles. The first-order valence-corrected chi connectivity index (χ1v) is 9.56. The highest BCUT2D eigenvalue weighted by atomic mass is 14.2. The van der Waals surface area contributed by atoms with Crippen LogP contribution in [0.15, 0.2) is 0 Å². The highest BCUT2D eigenvalue weighted by Gasteiger charge is 2.11. The van der Waals surface area contributed by atoms with Crippen molar-refractivity contribution in [3.8, 4) is 0 Å². The molecule has 22 heavy (non-hydrogen) atoms. The van der Waals surface area contributed by atoms with E-state index in [1.165, 1.54) is 80.9 Å². The molecule has 0 unspecified atom stereocenters. The minimum atomic E-state index is 1.27. The predicted octanol–water partition coefficient (Wildman–Crippen LogP) is 7.30. The average Bonchev–Trinajstić information content (AvgIpc) is 2.52. The molecule has 0 fully saturated rings. The molecule has 0 saturated heterocycles. The van der Waals surface area contributed by atoms with Crippen LogP contribution in [0.4, 0.5) is 0 Å². The lowest BCUT2D eigenvalue weighted by molar-refractivity contribution is 0.564. The summed E-state index contributed by atoms with van der Waals surface area (Å²) < 4.78 is 0. The second kappa shape index (κ2) is 10.1. The van der Waals surface area contributed by atoms with Crippen molar-refractivity contribution in [1.82, 2.24) is 0 Å². The molecule has 0 atom stereocenters. The van der Waals surface area contributed by atoms with Gasteiger partial charge in [0.05, 0.1) is 0 Å². The fraction of sp³-hybridized carbons (Fsp3) is 0.727. The van der Waals surface area contributed by atoms with Crippen molar-refractivity contribution in [1.29, 1.82) is 0 Å². The van der Waals surface area contributed by atoms with Crippen molar-refractivity contribution in [2.45, 2.75) is 106 Å². The third-order valence-electron chi connectivity index (χ3n) is 5.69. The van der Waals surface area contributed by atoms with Gasteiger partial charge in [-0.05, 0) is 80.8 Å². The van der Waals surface area contributed by atoms with Crippen LogP contribution in [0.1, 0.15) is 98.1 Å². The molecular weight excluding hydrogens is 264 g/mol. The predicted molar refractivity (Wildman–Crippen MR) is 101 cm³/mol. The van der Waals surface area contributed by atoms with Crippen LogP contribution in [0, 0.1) is 34.6 Å². The SMILES string of the molecule is CCCCCCCCCCCc1c(C)c(C)c(C)c(C)c1C. The van der Waals surface area contributed by atoms with Crippen molar-refractivity contribution < 1.29 is 0 Å². The van der Waals surface area contributed by atoms with Gasteiger partial charge in [-0.15, -0.1) is 0 Å². The Morgan fingerprint density at radius 2 is 0.818 bits per heavy atom. The van der Waals surface area contributed by atoms with Crippen LogP contribution in [0.3, 0.4) is 0 Å². The lowest BCUT2D eigenvalue weighted by atomic mass is 9.87. The Hall–Kier alpha value is -0.780. The quantitative estimate of drug-likeness (QED) is 0.398. The minimum absolute atomic E-state index is 1.27. The van der Waals surface area contributed by atoms with E-state index >= 15 is 0 Å². The largest absolute Gasteiger partial charge is 0.0654 e. The Morgan fingerprint density at radius 3 is 1.27 bits per heavy atom.